The number of hydrogen-bond donors (Lipinski definition) is 0. The van der Waals surface area contributed by atoms with Gasteiger partial charge in [0.25, 0.3) is 10.0 Å². The average Bonchev–Trinajstić information content (AvgIpc) is 2.59. The summed E-state index contributed by atoms with van der Waals surface area (Å²) in [5, 5.41) is 0.479. The molecule has 0 N–H and O–H groups in total. The van der Waals surface area contributed by atoms with Gasteiger partial charge in [0.2, 0.25) is 0 Å². The zero-order chi connectivity index (χ0) is 17.2. The second kappa shape index (κ2) is 7.16. The predicted molar refractivity (Wildman–Crippen MR) is 99.2 cm³/mol. The highest BCUT2D eigenvalue weighted by Gasteiger charge is 2.32. The Labute approximate surface area is 149 Å². The van der Waals surface area contributed by atoms with Crippen LogP contribution in [0.5, 0.6) is 0 Å². The van der Waals surface area contributed by atoms with Crippen LogP contribution in [0.2, 0.25) is 5.02 Å². The highest BCUT2D eigenvalue weighted by atomic mass is 35.5. The zero-order valence-electron chi connectivity index (χ0n) is 13.8. The average molecular weight is 364 g/mol. The molecule has 2 aromatic rings. The fraction of sp³-hybridized carbons (Fsp3) is 0.368. The molecule has 0 saturated heterocycles. The number of nitrogens with zero attached hydrogens (tertiary/aromatic N) is 1. The minimum Gasteiger partial charge on any atom is -0.263 e. The molecule has 1 aliphatic carbocycles. The predicted octanol–water partition coefficient (Wildman–Crippen LogP) is 5.18. The Balaban J connectivity index is 2.07. The Morgan fingerprint density at radius 1 is 1.00 bits per heavy atom. The van der Waals surface area contributed by atoms with E-state index in [9.17, 15) is 8.42 Å². The van der Waals surface area contributed by atoms with Crippen molar-refractivity contribution in [2.24, 2.45) is 0 Å². The van der Waals surface area contributed by atoms with Crippen LogP contribution in [0.1, 0.15) is 37.7 Å². The Morgan fingerprint density at radius 3 is 2.29 bits per heavy atom. The smallest absolute Gasteiger partial charge is 0.263 e. The van der Waals surface area contributed by atoms with Crippen LogP contribution < -0.4 is 4.31 Å². The minimum atomic E-state index is -3.64. The lowest BCUT2D eigenvalue weighted by Crippen LogP contribution is -2.41. The summed E-state index contributed by atoms with van der Waals surface area (Å²) in [5.41, 5.74) is 1.60. The molecule has 0 aromatic heterocycles. The lowest BCUT2D eigenvalue weighted by atomic mass is 9.95. The van der Waals surface area contributed by atoms with Crippen LogP contribution in [0.4, 0.5) is 5.69 Å². The molecule has 3 rings (SSSR count). The molecule has 1 fully saturated rings. The molecule has 1 aliphatic rings. The van der Waals surface area contributed by atoms with Crippen LogP contribution in [0.3, 0.4) is 0 Å². The van der Waals surface area contributed by atoms with E-state index >= 15 is 0 Å². The van der Waals surface area contributed by atoms with Gasteiger partial charge in [-0.1, -0.05) is 55.1 Å². The van der Waals surface area contributed by atoms with E-state index in [1.54, 1.807) is 22.5 Å². The third-order valence-corrected chi connectivity index (χ3v) is 6.90. The quantitative estimate of drug-likeness (QED) is 0.750. The normalized spacial score (nSPS) is 16.1. The van der Waals surface area contributed by atoms with Crippen LogP contribution in [-0.4, -0.2) is 14.5 Å². The van der Waals surface area contributed by atoms with Gasteiger partial charge >= 0.3 is 0 Å². The van der Waals surface area contributed by atoms with Crippen molar-refractivity contribution in [3.05, 3.63) is 59.1 Å². The molecular formula is C19H22ClNO2S. The van der Waals surface area contributed by atoms with Crippen LogP contribution in [-0.2, 0) is 10.0 Å². The summed E-state index contributed by atoms with van der Waals surface area (Å²) < 4.78 is 28.3. The van der Waals surface area contributed by atoms with E-state index in [0.717, 1.165) is 36.9 Å². The molecular weight excluding hydrogens is 342 g/mol. The van der Waals surface area contributed by atoms with Gasteiger partial charge in [-0.15, -0.1) is 0 Å². The fourth-order valence-corrected chi connectivity index (χ4v) is 5.27. The first-order chi connectivity index (χ1) is 11.5. The Kier molecular flexibility index (Phi) is 5.16. The van der Waals surface area contributed by atoms with Gasteiger partial charge in [-0.2, -0.15) is 0 Å². The molecule has 2 aromatic carbocycles. The van der Waals surface area contributed by atoms with E-state index in [2.05, 4.69) is 0 Å². The first-order valence-electron chi connectivity index (χ1n) is 8.36. The molecule has 0 heterocycles. The van der Waals surface area contributed by atoms with Crippen molar-refractivity contribution in [1.29, 1.82) is 0 Å². The number of hydrogen-bond acceptors (Lipinski definition) is 2. The SMILES string of the molecule is Cc1ccc(S(=O)(=O)N(c2ccccc2)C2CCCCC2)cc1Cl. The van der Waals surface area contributed by atoms with Gasteiger partial charge in [-0.05, 0) is 49.6 Å². The third kappa shape index (κ3) is 3.45. The summed E-state index contributed by atoms with van der Waals surface area (Å²) in [7, 11) is -3.64. The number of rotatable bonds is 4. The molecule has 24 heavy (non-hydrogen) atoms. The molecule has 1 saturated carbocycles. The van der Waals surface area contributed by atoms with E-state index < -0.39 is 10.0 Å². The highest BCUT2D eigenvalue weighted by molar-refractivity contribution is 7.92. The van der Waals surface area contributed by atoms with Crippen LogP contribution in [0, 0.1) is 6.92 Å². The first kappa shape index (κ1) is 17.3. The van der Waals surface area contributed by atoms with E-state index in [1.807, 2.05) is 37.3 Å². The van der Waals surface area contributed by atoms with Crippen molar-refractivity contribution in [2.75, 3.05) is 4.31 Å². The lowest BCUT2D eigenvalue weighted by molar-refractivity contribution is 0.438. The summed E-state index contributed by atoms with van der Waals surface area (Å²) in [6.45, 7) is 1.87. The molecule has 0 radical (unpaired) electrons. The molecule has 128 valence electrons. The lowest BCUT2D eigenvalue weighted by Gasteiger charge is -2.35. The summed E-state index contributed by atoms with van der Waals surface area (Å²) in [5.74, 6) is 0. The van der Waals surface area contributed by atoms with E-state index in [-0.39, 0.29) is 10.9 Å². The number of benzene rings is 2. The summed E-state index contributed by atoms with van der Waals surface area (Å²) >= 11 is 6.17. The molecule has 5 heteroatoms. The van der Waals surface area contributed by atoms with Crippen molar-refractivity contribution >= 4 is 27.3 Å². The van der Waals surface area contributed by atoms with Crippen LogP contribution in [0.15, 0.2) is 53.4 Å². The molecule has 0 amide bonds. The van der Waals surface area contributed by atoms with Crippen LogP contribution >= 0.6 is 11.6 Å². The maximum Gasteiger partial charge on any atom is 0.264 e. The second-order valence-corrected chi connectivity index (χ2v) is 8.56. The fourth-order valence-electron chi connectivity index (χ4n) is 3.28. The molecule has 0 aliphatic heterocycles. The van der Waals surface area contributed by atoms with Gasteiger partial charge in [0.15, 0.2) is 0 Å². The molecule has 0 bridgehead atoms. The second-order valence-electron chi connectivity index (χ2n) is 6.34. The van der Waals surface area contributed by atoms with Gasteiger partial charge in [0.05, 0.1) is 10.6 Å². The maximum absolute atomic E-state index is 13.4. The van der Waals surface area contributed by atoms with Crippen molar-refractivity contribution < 1.29 is 8.42 Å². The maximum atomic E-state index is 13.4. The van der Waals surface area contributed by atoms with Crippen molar-refractivity contribution in [3.8, 4) is 0 Å². The van der Waals surface area contributed by atoms with Gasteiger partial charge in [-0.3, -0.25) is 4.31 Å². The summed E-state index contributed by atoms with van der Waals surface area (Å²) in [6, 6.07) is 14.4. The number of halogens is 1. The Morgan fingerprint density at radius 2 is 1.67 bits per heavy atom. The van der Waals surface area contributed by atoms with Crippen molar-refractivity contribution in [1.82, 2.24) is 0 Å². The number of sulfonamides is 1. The monoisotopic (exact) mass is 363 g/mol. The highest BCUT2D eigenvalue weighted by Crippen LogP contribution is 2.33. The number of anilines is 1. The summed E-state index contributed by atoms with van der Waals surface area (Å²) in [6.07, 6.45) is 5.10. The van der Waals surface area contributed by atoms with Gasteiger partial charge in [0, 0.05) is 11.1 Å². The molecule has 0 spiro atoms. The van der Waals surface area contributed by atoms with Crippen molar-refractivity contribution in [3.63, 3.8) is 0 Å². The van der Waals surface area contributed by atoms with Crippen LogP contribution in [0.25, 0.3) is 0 Å². The Bertz CT molecular complexity index is 799. The van der Waals surface area contributed by atoms with Crippen molar-refractivity contribution in [2.45, 2.75) is 50.0 Å². The summed E-state index contributed by atoms with van der Waals surface area (Å²) in [4.78, 5) is 0.257. The van der Waals surface area contributed by atoms with Gasteiger partial charge in [-0.25, -0.2) is 8.42 Å². The molecule has 0 unspecified atom stereocenters. The Hall–Kier alpha value is -1.52. The van der Waals surface area contributed by atoms with E-state index in [0.29, 0.717) is 5.02 Å². The number of para-hydroxylation sites is 1. The minimum absolute atomic E-state index is 0.00577. The first-order valence-corrected chi connectivity index (χ1v) is 10.2. The third-order valence-electron chi connectivity index (χ3n) is 4.62. The van der Waals surface area contributed by atoms with E-state index in [1.165, 1.54) is 6.42 Å². The standard InChI is InChI=1S/C19H22ClNO2S/c1-15-12-13-18(14-19(15)20)24(22,23)21(16-8-4-2-5-9-16)17-10-6-3-7-11-17/h2,4-5,8-9,12-14,17H,3,6-7,10-11H2,1H3. The largest absolute Gasteiger partial charge is 0.264 e. The topological polar surface area (TPSA) is 37.4 Å². The van der Waals surface area contributed by atoms with Gasteiger partial charge < -0.3 is 0 Å². The molecule has 0 atom stereocenters. The number of aryl methyl sites for hydroxylation is 1. The van der Waals surface area contributed by atoms with E-state index in [4.69, 9.17) is 11.6 Å². The molecule has 3 nitrogen and oxygen atoms in total. The van der Waals surface area contributed by atoms with Gasteiger partial charge in [0.1, 0.15) is 0 Å². The zero-order valence-corrected chi connectivity index (χ0v) is 15.4.